The van der Waals surface area contributed by atoms with Gasteiger partial charge in [0, 0.05) is 22.7 Å². The van der Waals surface area contributed by atoms with E-state index in [1.165, 1.54) is 11.3 Å². The lowest BCUT2D eigenvalue weighted by Crippen LogP contribution is -2.34. The van der Waals surface area contributed by atoms with Crippen LogP contribution in [0.4, 0.5) is 15.6 Å². The van der Waals surface area contributed by atoms with Crippen LogP contribution in [0.3, 0.4) is 0 Å². The molecule has 0 saturated carbocycles. The summed E-state index contributed by atoms with van der Waals surface area (Å²) in [5.74, 6) is 0. The molecule has 6 heteroatoms. The summed E-state index contributed by atoms with van der Waals surface area (Å²) < 4.78 is 0. The molecule has 1 heterocycles. The first-order chi connectivity index (χ1) is 9.04. The normalized spacial score (nSPS) is 10.5. The van der Waals surface area contributed by atoms with Crippen LogP contribution in [0.25, 0.3) is 11.3 Å². The fraction of sp³-hybridized carbons (Fsp3) is 0.231. The monoisotopic (exact) mass is 276 g/mol. The Morgan fingerprint density at radius 1 is 1.42 bits per heavy atom. The van der Waals surface area contributed by atoms with Crippen LogP contribution in [0.1, 0.15) is 13.8 Å². The van der Waals surface area contributed by atoms with Gasteiger partial charge in [0.25, 0.3) is 0 Å². The second-order valence-corrected chi connectivity index (χ2v) is 5.27. The average molecular weight is 276 g/mol. The van der Waals surface area contributed by atoms with E-state index in [-0.39, 0.29) is 12.1 Å². The van der Waals surface area contributed by atoms with Crippen molar-refractivity contribution >= 4 is 28.2 Å². The maximum absolute atomic E-state index is 11.5. The van der Waals surface area contributed by atoms with Crippen LogP contribution in [0.5, 0.6) is 0 Å². The van der Waals surface area contributed by atoms with Crippen LogP contribution in [0, 0.1) is 0 Å². The molecule has 0 unspecified atom stereocenters. The van der Waals surface area contributed by atoms with E-state index >= 15 is 0 Å². The summed E-state index contributed by atoms with van der Waals surface area (Å²) in [7, 11) is 0. The Hall–Kier alpha value is -2.08. The molecule has 0 fully saturated rings. The maximum atomic E-state index is 11.5. The van der Waals surface area contributed by atoms with Crippen LogP contribution in [0.2, 0.25) is 0 Å². The van der Waals surface area contributed by atoms with Gasteiger partial charge in [0.2, 0.25) is 0 Å². The number of nitrogens with zero attached hydrogens (tertiary/aromatic N) is 1. The molecule has 5 nitrogen and oxygen atoms in total. The standard InChI is InChI=1S/C13H16N4OS/c1-8(2)15-12(18)17-13-16-11(7-19-13)9-4-3-5-10(14)6-9/h3-8H,14H2,1-2H3,(H2,15,16,17,18). The lowest BCUT2D eigenvalue weighted by atomic mass is 10.1. The fourth-order valence-electron chi connectivity index (χ4n) is 1.56. The highest BCUT2D eigenvalue weighted by atomic mass is 32.1. The van der Waals surface area contributed by atoms with Crippen LogP contribution >= 0.6 is 11.3 Å². The number of hydrogen-bond donors (Lipinski definition) is 3. The summed E-state index contributed by atoms with van der Waals surface area (Å²) in [4.78, 5) is 15.9. The number of carbonyl (C=O) groups is 1. The maximum Gasteiger partial charge on any atom is 0.321 e. The molecule has 4 N–H and O–H groups in total. The molecule has 0 saturated heterocycles. The van der Waals surface area contributed by atoms with E-state index in [0.29, 0.717) is 10.8 Å². The highest BCUT2D eigenvalue weighted by Crippen LogP contribution is 2.25. The van der Waals surface area contributed by atoms with E-state index in [9.17, 15) is 4.79 Å². The number of amides is 2. The number of anilines is 2. The molecule has 0 atom stereocenters. The Kier molecular flexibility index (Phi) is 4.01. The van der Waals surface area contributed by atoms with Crippen molar-refractivity contribution in [3.8, 4) is 11.3 Å². The number of nitrogens with two attached hydrogens (primary N) is 1. The van der Waals surface area contributed by atoms with Gasteiger partial charge in [-0.2, -0.15) is 0 Å². The molecule has 0 aliphatic heterocycles. The number of thiazole rings is 1. The topological polar surface area (TPSA) is 80.0 Å². The van der Waals surface area contributed by atoms with E-state index in [4.69, 9.17) is 5.73 Å². The Bertz CT molecular complexity index is 580. The first-order valence-electron chi connectivity index (χ1n) is 5.93. The molecule has 0 bridgehead atoms. The van der Waals surface area contributed by atoms with Crippen molar-refractivity contribution in [3.05, 3.63) is 29.6 Å². The van der Waals surface area contributed by atoms with E-state index in [1.54, 1.807) is 0 Å². The quantitative estimate of drug-likeness (QED) is 0.754. The Morgan fingerprint density at radius 3 is 2.89 bits per heavy atom. The van der Waals surface area contributed by atoms with Crippen molar-refractivity contribution in [1.82, 2.24) is 10.3 Å². The Labute approximate surface area is 115 Å². The van der Waals surface area contributed by atoms with Crippen LogP contribution in [-0.2, 0) is 0 Å². The third kappa shape index (κ3) is 3.69. The molecule has 2 amide bonds. The molecule has 0 aliphatic rings. The molecule has 2 aromatic rings. The zero-order chi connectivity index (χ0) is 13.8. The molecule has 1 aromatic heterocycles. The van der Waals surface area contributed by atoms with Crippen molar-refractivity contribution in [1.29, 1.82) is 0 Å². The molecule has 2 rings (SSSR count). The third-order valence-corrected chi connectivity index (χ3v) is 3.08. The van der Waals surface area contributed by atoms with Gasteiger partial charge in [-0.05, 0) is 26.0 Å². The average Bonchev–Trinajstić information content (AvgIpc) is 2.76. The fourth-order valence-corrected chi connectivity index (χ4v) is 2.27. The summed E-state index contributed by atoms with van der Waals surface area (Å²) >= 11 is 1.38. The summed E-state index contributed by atoms with van der Waals surface area (Å²) in [6.45, 7) is 3.80. The lowest BCUT2D eigenvalue weighted by Gasteiger charge is -2.07. The number of urea groups is 1. The highest BCUT2D eigenvalue weighted by Gasteiger charge is 2.08. The van der Waals surface area contributed by atoms with Gasteiger partial charge in [-0.3, -0.25) is 5.32 Å². The summed E-state index contributed by atoms with van der Waals surface area (Å²) in [5, 5.41) is 7.90. The van der Waals surface area contributed by atoms with Crippen molar-refractivity contribution in [2.24, 2.45) is 0 Å². The first-order valence-corrected chi connectivity index (χ1v) is 6.81. The Balaban J connectivity index is 2.09. The van der Waals surface area contributed by atoms with Gasteiger partial charge < -0.3 is 11.1 Å². The van der Waals surface area contributed by atoms with Gasteiger partial charge in [0.1, 0.15) is 0 Å². The minimum absolute atomic E-state index is 0.0911. The van der Waals surface area contributed by atoms with E-state index in [2.05, 4.69) is 15.6 Å². The second-order valence-electron chi connectivity index (χ2n) is 4.42. The first kappa shape index (κ1) is 13.4. The van der Waals surface area contributed by atoms with Crippen LogP contribution < -0.4 is 16.4 Å². The van der Waals surface area contributed by atoms with Gasteiger partial charge in [0.15, 0.2) is 5.13 Å². The summed E-state index contributed by atoms with van der Waals surface area (Å²) in [6.07, 6.45) is 0. The summed E-state index contributed by atoms with van der Waals surface area (Å²) in [5.41, 5.74) is 8.17. The van der Waals surface area contributed by atoms with E-state index in [1.807, 2.05) is 43.5 Å². The van der Waals surface area contributed by atoms with Gasteiger partial charge in [-0.15, -0.1) is 11.3 Å². The van der Waals surface area contributed by atoms with Crippen molar-refractivity contribution in [2.45, 2.75) is 19.9 Å². The number of nitrogen functional groups attached to an aromatic ring is 1. The molecule has 0 aliphatic carbocycles. The predicted octanol–water partition coefficient (Wildman–Crippen LogP) is 2.92. The van der Waals surface area contributed by atoms with Gasteiger partial charge in [0.05, 0.1) is 5.69 Å². The minimum atomic E-state index is -0.247. The smallest absolute Gasteiger partial charge is 0.321 e. The molecule has 100 valence electrons. The number of benzene rings is 1. The van der Waals surface area contributed by atoms with Gasteiger partial charge >= 0.3 is 6.03 Å². The van der Waals surface area contributed by atoms with Crippen LogP contribution in [0.15, 0.2) is 29.6 Å². The number of nitrogens with one attached hydrogen (secondary N) is 2. The van der Waals surface area contributed by atoms with Gasteiger partial charge in [-0.1, -0.05) is 12.1 Å². The molecular formula is C13H16N4OS. The lowest BCUT2D eigenvalue weighted by molar-refractivity contribution is 0.250. The number of hydrogen-bond acceptors (Lipinski definition) is 4. The molecule has 19 heavy (non-hydrogen) atoms. The molecule has 0 radical (unpaired) electrons. The van der Waals surface area contributed by atoms with Crippen molar-refractivity contribution in [3.63, 3.8) is 0 Å². The molecule has 1 aromatic carbocycles. The largest absolute Gasteiger partial charge is 0.399 e. The second kappa shape index (κ2) is 5.71. The van der Waals surface area contributed by atoms with Gasteiger partial charge in [-0.25, -0.2) is 9.78 Å². The molecule has 0 spiro atoms. The van der Waals surface area contributed by atoms with Crippen molar-refractivity contribution < 1.29 is 4.79 Å². The molecular weight excluding hydrogens is 260 g/mol. The number of aromatic nitrogens is 1. The van der Waals surface area contributed by atoms with Crippen LogP contribution in [-0.4, -0.2) is 17.1 Å². The third-order valence-electron chi connectivity index (χ3n) is 2.33. The zero-order valence-corrected chi connectivity index (χ0v) is 11.6. The Morgan fingerprint density at radius 2 is 2.21 bits per heavy atom. The highest BCUT2D eigenvalue weighted by molar-refractivity contribution is 7.14. The summed E-state index contributed by atoms with van der Waals surface area (Å²) in [6, 6.07) is 7.33. The number of carbonyl (C=O) groups excluding carboxylic acids is 1. The zero-order valence-electron chi connectivity index (χ0n) is 10.8. The minimum Gasteiger partial charge on any atom is -0.399 e. The SMILES string of the molecule is CC(C)NC(=O)Nc1nc(-c2cccc(N)c2)cs1. The van der Waals surface area contributed by atoms with E-state index in [0.717, 1.165) is 11.3 Å². The van der Waals surface area contributed by atoms with E-state index < -0.39 is 0 Å². The predicted molar refractivity (Wildman–Crippen MR) is 79.3 cm³/mol. The van der Waals surface area contributed by atoms with Crippen molar-refractivity contribution in [2.75, 3.05) is 11.1 Å². The number of rotatable bonds is 3.